The Labute approximate surface area is 343 Å². The van der Waals surface area contributed by atoms with Gasteiger partial charge in [0.2, 0.25) is 5.91 Å². The lowest BCUT2D eigenvalue weighted by atomic mass is 9.89. The zero-order chi connectivity index (χ0) is 43.1. The van der Waals surface area contributed by atoms with E-state index in [1.165, 1.54) is 12.7 Å². The number of rotatable bonds is 20. The Kier molecular flexibility index (Phi) is 17.9. The monoisotopic (exact) mass is 821 g/mol. The van der Waals surface area contributed by atoms with E-state index >= 15 is 0 Å². The second-order valence-electron chi connectivity index (χ2n) is 14.9. The number of benzene rings is 2. The fourth-order valence-electron chi connectivity index (χ4n) is 6.85. The van der Waals surface area contributed by atoms with Crippen molar-refractivity contribution >= 4 is 35.4 Å². The highest BCUT2D eigenvalue weighted by Crippen LogP contribution is 2.24. The fraction of sp³-hybridized carbons (Fsp3) is 0.512. The molecule has 5 atom stereocenters. The number of piperidine rings is 1. The Morgan fingerprint density at radius 3 is 2.07 bits per heavy atom. The molecule has 18 nitrogen and oxygen atoms in total. The molecule has 1 aromatic heterocycles. The number of aliphatic imine (C=N–C) groups is 1. The van der Waals surface area contributed by atoms with E-state index in [-0.39, 0.29) is 48.1 Å². The van der Waals surface area contributed by atoms with Crippen LogP contribution in [-0.4, -0.2) is 134 Å². The van der Waals surface area contributed by atoms with Crippen molar-refractivity contribution < 1.29 is 44.7 Å². The summed E-state index contributed by atoms with van der Waals surface area (Å²) in [5.74, 6) is -1.24. The van der Waals surface area contributed by atoms with Crippen molar-refractivity contribution in [2.24, 2.45) is 16.6 Å². The Balaban J connectivity index is 1.16. The largest absolute Gasteiger partial charge is 0.467 e. The van der Waals surface area contributed by atoms with Gasteiger partial charge in [-0.25, -0.2) is 14.8 Å². The van der Waals surface area contributed by atoms with Gasteiger partial charge in [0.05, 0.1) is 25.5 Å². The van der Waals surface area contributed by atoms with E-state index in [0.29, 0.717) is 51.0 Å². The lowest BCUT2D eigenvalue weighted by molar-refractivity contribution is -0.145. The molecule has 18 heteroatoms. The quantitative estimate of drug-likeness (QED) is 0.0306. The number of hydrogen-bond donors (Lipinski definition) is 10. The summed E-state index contributed by atoms with van der Waals surface area (Å²) in [5.41, 5.74) is 21.9. The molecule has 1 aliphatic heterocycles. The molecule has 1 fully saturated rings. The van der Waals surface area contributed by atoms with Gasteiger partial charge in [-0.1, -0.05) is 48.5 Å². The van der Waals surface area contributed by atoms with Crippen LogP contribution in [0, 0.1) is 12.8 Å². The molecule has 1 saturated heterocycles. The molecule has 0 bridgehead atoms. The molecular formula is C41H59N9O9. The van der Waals surface area contributed by atoms with Crippen LogP contribution < -0.4 is 27.8 Å². The third-order valence-electron chi connectivity index (χ3n) is 10.5. The average Bonchev–Trinajstić information content (AvgIpc) is 3.23. The summed E-state index contributed by atoms with van der Waals surface area (Å²) in [6.45, 7) is 2.50. The number of hydrogen-bond acceptors (Lipinski definition) is 15. The van der Waals surface area contributed by atoms with Gasteiger partial charge < -0.3 is 57.7 Å². The number of guanidine groups is 1. The molecule has 0 aliphatic carbocycles. The number of aromatic nitrogens is 2. The number of β-amino-alcohol motifs (C(OH)–C–C–N with tert-alkyl or cyclic N) is 1. The number of amides is 2. The first kappa shape index (κ1) is 46.4. The molecule has 2 heterocycles. The van der Waals surface area contributed by atoms with Crippen molar-refractivity contribution in [3.05, 3.63) is 71.0 Å². The smallest absolute Gasteiger partial charge is 0.328 e. The predicted octanol–water partition coefficient (Wildman–Crippen LogP) is -0.188. The number of carbonyl (C=O) groups is 3. The van der Waals surface area contributed by atoms with Crippen molar-refractivity contribution in [1.29, 1.82) is 0 Å². The van der Waals surface area contributed by atoms with Gasteiger partial charge in [-0.2, -0.15) is 0 Å². The molecule has 2 aromatic carbocycles. The van der Waals surface area contributed by atoms with E-state index < -0.39 is 48.9 Å². The van der Waals surface area contributed by atoms with Crippen molar-refractivity contribution in [2.45, 2.75) is 88.7 Å². The van der Waals surface area contributed by atoms with Crippen molar-refractivity contribution in [1.82, 2.24) is 25.5 Å². The molecular weight excluding hydrogens is 763 g/mol. The van der Waals surface area contributed by atoms with Crippen molar-refractivity contribution in [2.75, 3.05) is 51.4 Å². The number of methoxy groups -OCH3 is 1. The molecule has 4 rings (SSSR count). The maximum Gasteiger partial charge on any atom is 0.328 e. The van der Waals surface area contributed by atoms with Gasteiger partial charge in [0.15, 0.2) is 17.5 Å². The summed E-state index contributed by atoms with van der Waals surface area (Å²) in [4.78, 5) is 52.1. The van der Waals surface area contributed by atoms with Crippen LogP contribution in [0.4, 0.5) is 11.6 Å². The zero-order valence-electron chi connectivity index (χ0n) is 33.7. The van der Waals surface area contributed by atoms with Gasteiger partial charge in [-0.3, -0.25) is 19.9 Å². The number of esters is 1. The molecule has 0 spiro atoms. The minimum absolute atomic E-state index is 0.0326. The van der Waals surface area contributed by atoms with E-state index in [4.69, 9.17) is 27.0 Å². The van der Waals surface area contributed by atoms with Crippen LogP contribution in [0.3, 0.4) is 0 Å². The highest BCUT2D eigenvalue weighted by atomic mass is 16.5. The van der Waals surface area contributed by atoms with Crippen LogP contribution in [0.5, 0.6) is 0 Å². The van der Waals surface area contributed by atoms with Gasteiger partial charge in [0, 0.05) is 19.5 Å². The van der Waals surface area contributed by atoms with E-state index in [1.54, 1.807) is 6.92 Å². The molecule has 0 saturated carbocycles. The van der Waals surface area contributed by atoms with Gasteiger partial charge in [-0.05, 0) is 93.1 Å². The van der Waals surface area contributed by atoms with E-state index in [2.05, 4.69) is 49.9 Å². The van der Waals surface area contributed by atoms with Gasteiger partial charge in [0.1, 0.15) is 30.2 Å². The lowest BCUT2D eigenvalue weighted by Gasteiger charge is -2.35. The van der Waals surface area contributed by atoms with Gasteiger partial charge in [-0.15, -0.1) is 0 Å². The summed E-state index contributed by atoms with van der Waals surface area (Å²) in [6.07, 6.45) is -1.28. The lowest BCUT2D eigenvalue weighted by Crippen LogP contribution is -2.51. The first-order valence-corrected chi connectivity index (χ1v) is 19.8. The number of nitrogens with two attached hydrogens (primary N) is 3. The summed E-state index contributed by atoms with van der Waals surface area (Å²) in [7, 11) is 1.29. The minimum atomic E-state index is -1.68. The van der Waals surface area contributed by atoms with Crippen LogP contribution in [0.25, 0.3) is 11.1 Å². The number of ether oxygens (including phenoxy) is 1. The van der Waals surface area contributed by atoms with Crippen LogP contribution in [-0.2, 0) is 27.2 Å². The third-order valence-corrected chi connectivity index (χ3v) is 10.5. The number of unbranched alkanes of at least 4 members (excludes halogenated alkanes) is 1. The van der Waals surface area contributed by atoms with E-state index in [0.717, 1.165) is 36.0 Å². The number of nitrogen functional groups attached to an aromatic ring is 2. The number of aliphatic hydroxyl groups is 5. The Hall–Kier alpha value is -5.24. The summed E-state index contributed by atoms with van der Waals surface area (Å²) >= 11 is 0. The molecule has 59 heavy (non-hydrogen) atoms. The summed E-state index contributed by atoms with van der Waals surface area (Å²) in [6, 6.07) is 15.5. The van der Waals surface area contributed by atoms with Gasteiger partial charge in [0.25, 0.3) is 5.91 Å². The molecule has 0 radical (unpaired) electrons. The Bertz CT molecular complexity index is 1860. The van der Waals surface area contributed by atoms with Gasteiger partial charge >= 0.3 is 5.97 Å². The number of nitrogens with zero attached hydrogens (tertiary/aromatic N) is 4. The molecule has 1 aliphatic rings. The van der Waals surface area contributed by atoms with Crippen molar-refractivity contribution in [3.63, 3.8) is 0 Å². The number of likely N-dealkylation sites (tertiary alicyclic amines) is 1. The highest BCUT2D eigenvalue weighted by Gasteiger charge is 2.33. The van der Waals surface area contributed by atoms with Crippen LogP contribution in [0.1, 0.15) is 65.8 Å². The number of nitrogens with one attached hydrogen (secondary N) is 2. The van der Waals surface area contributed by atoms with Crippen LogP contribution in [0.2, 0.25) is 0 Å². The molecule has 2 amide bonds. The third kappa shape index (κ3) is 14.2. The van der Waals surface area contributed by atoms with Crippen LogP contribution in [0.15, 0.2) is 53.5 Å². The summed E-state index contributed by atoms with van der Waals surface area (Å²) in [5, 5.41) is 54.2. The second kappa shape index (κ2) is 22.8. The molecule has 0 unspecified atom stereocenters. The number of carbonyl (C=O) groups excluding carboxylic acids is 3. The van der Waals surface area contributed by atoms with Crippen LogP contribution >= 0.6 is 0 Å². The highest BCUT2D eigenvalue weighted by molar-refractivity contribution is 6.06. The number of aryl methyl sites for hydroxylation is 3. The summed E-state index contributed by atoms with van der Waals surface area (Å²) < 4.78 is 4.98. The normalized spacial score (nSPS) is 16.4. The second-order valence-corrected chi connectivity index (χ2v) is 14.9. The van der Waals surface area contributed by atoms with E-state index in [1.807, 2.05) is 29.2 Å². The predicted molar refractivity (Wildman–Crippen MR) is 222 cm³/mol. The number of anilines is 2. The Morgan fingerprint density at radius 1 is 0.881 bits per heavy atom. The standard InChI is InChI=1S/C41H59N9O9/c1-24-37(42)48-38(43)34(46-24)39(57)49-41(44)45-18-4-3-5-25-6-11-28(12-7-25)29-13-8-26(9-14-29)10-15-33(54)47-30(40(58)59-2)21-27-16-19-50(20-17-27)22-31(52)35(55)36(56)32(53)23-51/h6-9,11-14,27,30-32,35-36,51-53,55-56H,3-5,10,15-23H2,1-2H3,(H,47,54)(H4,42,43,48)(H3,44,45,49,57)/t30-,31-,32+,35+,36+/m0/s1. The topological polar surface area (TPSA) is 305 Å². The maximum absolute atomic E-state index is 13.0. The van der Waals surface area contributed by atoms with E-state index in [9.17, 15) is 34.8 Å². The Morgan fingerprint density at radius 2 is 1.47 bits per heavy atom. The average molecular weight is 822 g/mol. The fourth-order valence-corrected chi connectivity index (χ4v) is 6.85. The maximum atomic E-state index is 13.0. The minimum Gasteiger partial charge on any atom is -0.467 e. The first-order chi connectivity index (χ1) is 28.2. The molecule has 3 aromatic rings. The first-order valence-electron chi connectivity index (χ1n) is 19.8. The zero-order valence-corrected chi connectivity index (χ0v) is 33.7. The molecule has 13 N–H and O–H groups in total. The SMILES string of the molecule is COC(=O)[C@H](CC1CCN(C[C@H](O)[C@@H](O)[C@H](O)[C@H](O)CO)CC1)NC(=O)CCc1ccc(-c2ccc(CCCCN=C(N)NC(=O)c3nc(C)c(N)nc3N)cc2)cc1. The number of aliphatic hydroxyl groups excluding tert-OH is 5. The molecule has 322 valence electrons. The van der Waals surface area contributed by atoms with Crippen molar-refractivity contribution in [3.8, 4) is 11.1 Å².